The molecule has 0 aliphatic carbocycles. The Hall–Kier alpha value is -4.22. The summed E-state index contributed by atoms with van der Waals surface area (Å²) in [5.41, 5.74) is 2.81. The van der Waals surface area contributed by atoms with Gasteiger partial charge in [-0.25, -0.2) is 14.8 Å². The van der Waals surface area contributed by atoms with Gasteiger partial charge in [-0.05, 0) is 66.6 Å². The Kier molecular flexibility index (Phi) is 9.97. The van der Waals surface area contributed by atoms with Crippen LogP contribution in [0.25, 0.3) is 22.8 Å². The van der Waals surface area contributed by atoms with Crippen LogP contribution >= 0.6 is 36.4 Å². The van der Waals surface area contributed by atoms with Crippen molar-refractivity contribution in [2.75, 3.05) is 0 Å². The van der Waals surface area contributed by atoms with Gasteiger partial charge in [0.15, 0.2) is 5.82 Å². The second kappa shape index (κ2) is 13.4. The lowest BCUT2D eigenvalue weighted by atomic mass is 10.1. The second-order valence-corrected chi connectivity index (χ2v) is 8.00. The Labute approximate surface area is 236 Å². The molecular weight excluding hydrogens is 545 g/mol. The maximum Gasteiger partial charge on any atom is 0.348 e. The molecule has 190 valence electrons. The molecule has 0 unspecified atom stereocenters. The number of pyridine rings is 2. The normalized spacial score (nSPS) is 9.82. The van der Waals surface area contributed by atoms with Crippen molar-refractivity contribution in [1.29, 1.82) is 0 Å². The molecule has 38 heavy (non-hydrogen) atoms. The van der Waals surface area contributed by atoms with Crippen LogP contribution in [0.5, 0.6) is 5.75 Å². The zero-order valence-electron chi connectivity index (χ0n) is 19.7. The minimum atomic E-state index is -0.551. The first-order valence-corrected chi connectivity index (χ1v) is 11.4. The highest BCUT2D eigenvalue weighted by molar-refractivity contribution is 6.33. The molecule has 0 atom stereocenters. The summed E-state index contributed by atoms with van der Waals surface area (Å²) in [5.74, 6) is 7.07. The zero-order chi connectivity index (χ0) is 24.7. The van der Waals surface area contributed by atoms with E-state index >= 15 is 0 Å². The van der Waals surface area contributed by atoms with Crippen LogP contribution in [0.2, 0.25) is 5.02 Å². The Morgan fingerprint density at radius 2 is 1.58 bits per heavy atom. The summed E-state index contributed by atoms with van der Waals surface area (Å²) in [7, 11) is 0. The van der Waals surface area contributed by atoms with Gasteiger partial charge in [0.1, 0.15) is 23.9 Å². The van der Waals surface area contributed by atoms with Gasteiger partial charge in [-0.2, -0.15) is 4.98 Å². The number of aromatic nitrogens is 5. The van der Waals surface area contributed by atoms with Crippen LogP contribution in [-0.4, -0.2) is 24.9 Å². The minimum absolute atomic E-state index is 0. The van der Waals surface area contributed by atoms with E-state index in [0.29, 0.717) is 27.6 Å². The maximum absolute atomic E-state index is 12.5. The lowest BCUT2D eigenvalue weighted by molar-refractivity contribution is 0.302. The fourth-order valence-corrected chi connectivity index (χ4v) is 3.65. The van der Waals surface area contributed by atoms with Gasteiger partial charge in [-0.1, -0.05) is 35.7 Å². The van der Waals surface area contributed by atoms with Crippen LogP contribution in [-0.2, 0) is 6.61 Å². The molecule has 0 amide bonds. The van der Waals surface area contributed by atoms with E-state index in [0.717, 1.165) is 11.3 Å². The van der Waals surface area contributed by atoms with Crippen molar-refractivity contribution in [2.24, 2.45) is 0 Å². The van der Waals surface area contributed by atoms with Crippen LogP contribution in [0.4, 0.5) is 0 Å². The molecule has 5 aromatic rings. The van der Waals surface area contributed by atoms with Crippen molar-refractivity contribution in [3.8, 4) is 40.4 Å². The zero-order valence-corrected chi connectivity index (χ0v) is 22.1. The molecule has 0 aliphatic rings. The molecule has 3 heterocycles. The van der Waals surface area contributed by atoms with Gasteiger partial charge < -0.3 is 4.74 Å². The Balaban J connectivity index is 0.00000200. The largest absolute Gasteiger partial charge is 0.486 e. The molecule has 2 aromatic carbocycles. The van der Waals surface area contributed by atoms with Crippen molar-refractivity contribution in [3.63, 3.8) is 0 Å². The first-order chi connectivity index (χ1) is 17.7. The number of hydrogen-bond acceptors (Lipinski definition) is 6. The molecule has 0 spiro atoms. The second-order valence-electron chi connectivity index (χ2n) is 7.59. The fraction of sp³-hybridized carbons (Fsp3) is 0.0357. The molecule has 3 aromatic heterocycles. The van der Waals surface area contributed by atoms with Gasteiger partial charge >= 0.3 is 5.69 Å². The third-order valence-electron chi connectivity index (χ3n) is 5.11. The highest BCUT2D eigenvalue weighted by atomic mass is 35.5. The predicted octanol–water partition coefficient (Wildman–Crippen LogP) is 5.76. The van der Waals surface area contributed by atoms with Crippen molar-refractivity contribution in [1.82, 2.24) is 24.9 Å². The number of halogens is 3. The van der Waals surface area contributed by atoms with Gasteiger partial charge in [0.2, 0.25) is 0 Å². The molecule has 7 nitrogen and oxygen atoms in total. The molecule has 1 N–H and O–H groups in total. The summed E-state index contributed by atoms with van der Waals surface area (Å²) in [5, 5.41) is 0.383. The van der Waals surface area contributed by atoms with Crippen LogP contribution in [0.3, 0.4) is 0 Å². The fourth-order valence-electron chi connectivity index (χ4n) is 3.40. The number of ether oxygens (including phenoxy) is 1. The first-order valence-electron chi connectivity index (χ1n) is 11.0. The summed E-state index contributed by atoms with van der Waals surface area (Å²) in [6, 6.07) is 23.7. The molecular formula is C28H20Cl3N5O2. The van der Waals surface area contributed by atoms with Crippen LogP contribution in [0.1, 0.15) is 17.0 Å². The smallest absolute Gasteiger partial charge is 0.348 e. The summed E-state index contributed by atoms with van der Waals surface area (Å²) < 4.78 is 5.97. The lowest BCUT2D eigenvalue weighted by Gasteiger charge is -2.13. The molecule has 0 aliphatic heterocycles. The average Bonchev–Trinajstić information content (AvgIpc) is 2.92. The van der Waals surface area contributed by atoms with Crippen molar-refractivity contribution < 1.29 is 4.74 Å². The molecule has 0 bridgehead atoms. The molecule has 0 saturated carbocycles. The van der Waals surface area contributed by atoms with Gasteiger partial charge in [-0.3, -0.25) is 9.97 Å². The van der Waals surface area contributed by atoms with E-state index in [1.807, 2.05) is 60.7 Å². The Morgan fingerprint density at radius 3 is 2.29 bits per heavy atom. The molecule has 0 radical (unpaired) electrons. The third kappa shape index (κ3) is 6.96. The average molecular weight is 565 g/mol. The molecule has 0 fully saturated rings. The lowest BCUT2D eigenvalue weighted by Crippen LogP contribution is -2.15. The van der Waals surface area contributed by atoms with E-state index in [4.69, 9.17) is 16.3 Å². The van der Waals surface area contributed by atoms with Crippen LogP contribution in [0.15, 0.2) is 96.1 Å². The number of H-pyrrole nitrogens is 1. The number of aromatic amines is 1. The van der Waals surface area contributed by atoms with Gasteiger partial charge in [0.25, 0.3) is 0 Å². The topological polar surface area (TPSA) is 93.7 Å². The molecule has 0 saturated heterocycles. The van der Waals surface area contributed by atoms with Gasteiger partial charge in [-0.15, -0.1) is 24.8 Å². The summed E-state index contributed by atoms with van der Waals surface area (Å²) >= 11 is 6.50. The van der Waals surface area contributed by atoms with Crippen molar-refractivity contribution in [3.05, 3.63) is 124 Å². The van der Waals surface area contributed by atoms with Gasteiger partial charge in [0.05, 0.1) is 16.3 Å². The summed E-state index contributed by atoms with van der Waals surface area (Å²) in [6.45, 7) is 0.233. The number of rotatable bonds is 5. The van der Waals surface area contributed by atoms with Crippen molar-refractivity contribution >= 4 is 36.4 Å². The van der Waals surface area contributed by atoms with E-state index in [1.165, 1.54) is 0 Å². The molecule has 10 heteroatoms. The predicted molar refractivity (Wildman–Crippen MR) is 152 cm³/mol. The number of benzene rings is 2. The van der Waals surface area contributed by atoms with Crippen molar-refractivity contribution in [2.45, 2.75) is 6.61 Å². The third-order valence-corrected chi connectivity index (χ3v) is 5.42. The summed E-state index contributed by atoms with van der Waals surface area (Å²) in [6.07, 6.45) is 3.39. The van der Waals surface area contributed by atoms with E-state index in [2.05, 4.69) is 36.8 Å². The van der Waals surface area contributed by atoms with E-state index < -0.39 is 5.69 Å². The Bertz CT molecular complexity index is 1620. The SMILES string of the molecule is Cl.Cl.O=c1nc(-c2ccc(C#Cc3ccccn3)cc2)nc(-c2c(Cl)cccc2OCc2ccccn2)[nH]1. The molecule has 5 rings (SSSR count). The highest BCUT2D eigenvalue weighted by Crippen LogP contribution is 2.35. The minimum Gasteiger partial charge on any atom is -0.486 e. The van der Waals surface area contributed by atoms with E-state index in [-0.39, 0.29) is 43.1 Å². The van der Waals surface area contributed by atoms with E-state index in [9.17, 15) is 4.79 Å². The number of nitrogens with one attached hydrogen (secondary N) is 1. The Morgan fingerprint density at radius 1 is 0.816 bits per heavy atom. The van der Waals surface area contributed by atoms with Crippen LogP contribution < -0.4 is 10.4 Å². The highest BCUT2D eigenvalue weighted by Gasteiger charge is 2.16. The first kappa shape index (κ1) is 28.4. The monoisotopic (exact) mass is 563 g/mol. The number of hydrogen-bond donors (Lipinski definition) is 1. The maximum atomic E-state index is 12.5. The summed E-state index contributed by atoms with van der Waals surface area (Å²) in [4.78, 5) is 32.2. The van der Waals surface area contributed by atoms with Gasteiger partial charge in [0, 0.05) is 23.5 Å². The van der Waals surface area contributed by atoms with Crippen LogP contribution in [0, 0.1) is 11.8 Å². The standard InChI is InChI=1S/C28H18ClN5O2.2ClH/c29-23-8-5-9-24(36-18-22-7-2-4-17-31-22)25(23)27-32-26(33-28(35)34-27)20-13-10-19(11-14-20)12-15-21-6-1-3-16-30-21;;/h1-11,13-14,16-17H,18H2,(H,32,33,34,35);2*1H. The van der Waals surface area contributed by atoms with E-state index in [1.54, 1.807) is 30.6 Å². The quantitative estimate of drug-likeness (QED) is 0.273. The number of nitrogens with zero attached hydrogens (tertiary/aromatic N) is 4.